The number of Topliss-reactive ketones (excluding diaryl/α,β-unsaturated/α-hetero) is 1. The van der Waals surface area contributed by atoms with Gasteiger partial charge in [-0.2, -0.15) is 0 Å². The summed E-state index contributed by atoms with van der Waals surface area (Å²) in [7, 11) is 0. The van der Waals surface area contributed by atoms with E-state index in [-0.39, 0.29) is 5.78 Å². The predicted octanol–water partition coefficient (Wildman–Crippen LogP) is 4.00. The number of carbonyl (C=O) groups is 1. The maximum atomic E-state index is 11.5. The van der Waals surface area contributed by atoms with Crippen LogP contribution in [0.5, 0.6) is 0 Å². The zero-order valence-corrected chi connectivity index (χ0v) is 10.5. The van der Waals surface area contributed by atoms with Gasteiger partial charge in [-0.05, 0) is 23.8 Å². The molecule has 0 spiro atoms. The minimum atomic E-state index is 0.0488. The Morgan fingerprint density at radius 1 is 1.29 bits per heavy atom. The molecule has 76 valence electrons. The monoisotopic (exact) mass is 294 g/mol. The SMILES string of the molecule is O=C(CCCl)c1cc(Br)cc(CCl)c1. The summed E-state index contributed by atoms with van der Waals surface area (Å²) >= 11 is 14.5. The zero-order valence-electron chi connectivity index (χ0n) is 7.40. The molecule has 1 aromatic carbocycles. The summed E-state index contributed by atoms with van der Waals surface area (Å²) in [5, 5.41) is 0. The van der Waals surface area contributed by atoms with Gasteiger partial charge in [0.05, 0.1) is 0 Å². The Bertz CT molecular complexity index is 339. The van der Waals surface area contributed by atoms with Crippen molar-refractivity contribution in [1.29, 1.82) is 0 Å². The van der Waals surface area contributed by atoms with Gasteiger partial charge in [0.1, 0.15) is 0 Å². The molecule has 0 amide bonds. The molecule has 0 heterocycles. The second kappa shape index (κ2) is 5.74. The van der Waals surface area contributed by atoms with E-state index in [1.807, 2.05) is 6.07 Å². The van der Waals surface area contributed by atoms with Gasteiger partial charge in [0.2, 0.25) is 0 Å². The molecule has 0 radical (unpaired) electrons. The largest absolute Gasteiger partial charge is 0.294 e. The Labute approximate surface area is 102 Å². The first-order valence-electron chi connectivity index (χ1n) is 4.12. The van der Waals surface area contributed by atoms with Crippen LogP contribution in [0.1, 0.15) is 22.3 Å². The van der Waals surface area contributed by atoms with Crippen LogP contribution in [0.15, 0.2) is 22.7 Å². The zero-order chi connectivity index (χ0) is 10.6. The molecule has 1 nitrogen and oxygen atoms in total. The third-order valence-corrected chi connectivity index (χ3v) is 2.71. The second-order valence-corrected chi connectivity index (χ2v) is 4.40. The van der Waals surface area contributed by atoms with E-state index in [2.05, 4.69) is 15.9 Å². The van der Waals surface area contributed by atoms with Gasteiger partial charge in [0.15, 0.2) is 5.78 Å². The molecule has 1 aromatic rings. The lowest BCUT2D eigenvalue weighted by Gasteiger charge is -2.02. The number of hydrogen-bond acceptors (Lipinski definition) is 1. The lowest BCUT2D eigenvalue weighted by molar-refractivity contribution is 0.0989. The van der Waals surface area contributed by atoms with E-state index in [9.17, 15) is 4.79 Å². The van der Waals surface area contributed by atoms with E-state index in [0.29, 0.717) is 23.7 Å². The Hall–Kier alpha value is -0.0500. The average Bonchev–Trinajstić information content (AvgIpc) is 2.17. The lowest BCUT2D eigenvalue weighted by atomic mass is 10.1. The van der Waals surface area contributed by atoms with E-state index in [4.69, 9.17) is 23.2 Å². The number of halogens is 3. The summed E-state index contributed by atoms with van der Waals surface area (Å²) in [6.45, 7) is 0. The van der Waals surface area contributed by atoms with Gasteiger partial charge >= 0.3 is 0 Å². The van der Waals surface area contributed by atoms with Crippen molar-refractivity contribution in [2.75, 3.05) is 5.88 Å². The van der Waals surface area contributed by atoms with E-state index in [1.165, 1.54) is 0 Å². The van der Waals surface area contributed by atoms with Crippen molar-refractivity contribution >= 4 is 44.9 Å². The van der Waals surface area contributed by atoms with Crippen LogP contribution < -0.4 is 0 Å². The van der Waals surface area contributed by atoms with Gasteiger partial charge in [-0.25, -0.2) is 0 Å². The molecule has 1 rings (SSSR count). The number of benzene rings is 1. The lowest BCUT2D eigenvalue weighted by Crippen LogP contribution is -2.00. The van der Waals surface area contributed by atoms with E-state index < -0.39 is 0 Å². The number of carbonyl (C=O) groups excluding carboxylic acids is 1. The third-order valence-electron chi connectivity index (χ3n) is 1.76. The first-order chi connectivity index (χ1) is 6.67. The highest BCUT2D eigenvalue weighted by molar-refractivity contribution is 9.10. The van der Waals surface area contributed by atoms with Crippen molar-refractivity contribution in [1.82, 2.24) is 0 Å². The molecule has 0 saturated heterocycles. The van der Waals surface area contributed by atoms with Gasteiger partial charge < -0.3 is 0 Å². The number of ketones is 1. The topological polar surface area (TPSA) is 17.1 Å². The fourth-order valence-corrected chi connectivity index (χ4v) is 1.99. The quantitative estimate of drug-likeness (QED) is 0.606. The third kappa shape index (κ3) is 3.26. The molecule has 0 fully saturated rings. The van der Waals surface area contributed by atoms with E-state index >= 15 is 0 Å². The highest BCUT2D eigenvalue weighted by Gasteiger charge is 2.07. The minimum absolute atomic E-state index is 0.0488. The Kier molecular flexibility index (Phi) is 4.93. The van der Waals surface area contributed by atoms with Crippen LogP contribution in [0.3, 0.4) is 0 Å². The summed E-state index contributed by atoms with van der Waals surface area (Å²) in [4.78, 5) is 11.5. The van der Waals surface area contributed by atoms with Crippen LogP contribution in [0, 0.1) is 0 Å². The van der Waals surface area contributed by atoms with Crippen molar-refractivity contribution in [3.63, 3.8) is 0 Å². The van der Waals surface area contributed by atoms with Gasteiger partial charge in [0.25, 0.3) is 0 Å². The van der Waals surface area contributed by atoms with Crippen LogP contribution in [0.2, 0.25) is 0 Å². The van der Waals surface area contributed by atoms with Crippen LogP contribution in [0.25, 0.3) is 0 Å². The second-order valence-electron chi connectivity index (χ2n) is 2.84. The highest BCUT2D eigenvalue weighted by Crippen LogP contribution is 2.18. The maximum Gasteiger partial charge on any atom is 0.164 e. The molecular weight excluding hydrogens is 287 g/mol. The summed E-state index contributed by atoms with van der Waals surface area (Å²) in [5.74, 6) is 0.801. The van der Waals surface area contributed by atoms with Gasteiger partial charge in [-0.1, -0.05) is 15.9 Å². The van der Waals surface area contributed by atoms with Crippen LogP contribution in [-0.2, 0) is 5.88 Å². The first kappa shape index (κ1) is 12.0. The van der Waals surface area contributed by atoms with Crippen LogP contribution >= 0.6 is 39.1 Å². The molecule has 0 aromatic heterocycles. The van der Waals surface area contributed by atoms with E-state index in [0.717, 1.165) is 10.0 Å². The molecule has 0 aliphatic heterocycles. The Morgan fingerprint density at radius 3 is 2.57 bits per heavy atom. The molecule has 0 unspecified atom stereocenters. The normalized spacial score (nSPS) is 10.2. The number of alkyl halides is 2. The summed E-state index contributed by atoms with van der Waals surface area (Å²) in [6, 6.07) is 5.47. The standard InChI is InChI=1S/C10H9BrCl2O/c11-9-4-7(6-13)3-8(5-9)10(14)1-2-12/h3-5H,1-2,6H2. The van der Waals surface area contributed by atoms with Crippen LogP contribution in [0.4, 0.5) is 0 Å². The fourth-order valence-electron chi connectivity index (χ4n) is 1.12. The van der Waals surface area contributed by atoms with Crippen molar-refractivity contribution in [3.8, 4) is 0 Å². The van der Waals surface area contributed by atoms with Crippen molar-refractivity contribution in [2.24, 2.45) is 0 Å². The maximum absolute atomic E-state index is 11.5. The predicted molar refractivity (Wildman–Crippen MR) is 63.4 cm³/mol. The summed E-state index contributed by atoms with van der Waals surface area (Å²) < 4.78 is 0.869. The molecule has 0 saturated carbocycles. The van der Waals surface area contributed by atoms with Gasteiger partial charge in [0, 0.05) is 28.2 Å². The Morgan fingerprint density at radius 2 is 2.00 bits per heavy atom. The average molecular weight is 296 g/mol. The smallest absolute Gasteiger partial charge is 0.164 e. The van der Waals surface area contributed by atoms with Crippen LogP contribution in [-0.4, -0.2) is 11.7 Å². The number of hydrogen-bond donors (Lipinski definition) is 0. The molecule has 0 N–H and O–H groups in total. The van der Waals surface area contributed by atoms with Gasteiger partial charge in [-0.15, -0.1) is 23.2 Å². The fraction of sp³-hybridized carbons (Fsp3) is 0.300. The molecule has 0 aliphatic carbocycles. The molecule has 14 heavy (non-hydrogen) atoms. The van der Waals surface area contributed by atoms with Crippen molar-refractivity contribution in [3.05, 3.63) is 33.8 Å². The molecular formula is C10H9BrCl2O. The summed E-state index contributed by atoms with van der Waals surface area (Å²) in [5.41, 5.74) is 1.59. The minimum Gasteiger partial charge on any atom is -0.294 e. The Balaban J connectivity index is 2.96. The summed E-state index contributed by atoms with van der Waals surface area (Å²) in [6.07, 6.45) is 0.361. The highest BCUT2D eigenvalue weighted by atomic mass is 79.9. The molecule has 0 atom stereocenters. The van der Waals surface area contributed by atoms with E-state index in [1.54, 1.807) is 12.1 Å². The molecule has 4 heteroatoms. The first-order valence-corrected chi connectivity index (χ1v) is 5.98. The van der Waals surface area contributed by atoms with Crippen molar-refractivity contribution < 1.29 is 4.79 Å². The number of rotatable bonds is 4. The van der Waals surface area contributed by atoms with Gasteiger partial charge in [-0.3, -0.25) is 4.79 Å². The molecule has 0 aliphatic rings. The molecule has 0 bridgehead atoms. The van der Waals surface area contributed by atoms with Crippen molar-refractivity contribution in [2.45, 2.75) is 12.3 Å².